The minimum atomic E-state index is -0.517. The number of aliphatic hydroxyl groups is 1. The van der Waals surface area contributed by atoms with Gasteiger partial charge in [0.2, 0.25) is 11.8 Å². The fourth-order valence-corrected chi connectivity index (χ4v) is 5.21. The number of amides is 2. The number of benzene rings is 2. The molecule has 2 saturated heterocycles. The molecule has 2 fully saturated rings. The molecule has 0 spiro atoms. The number of hydroxylamine groups is 1. The zero-order valence-corrected chi connectivity index (χ0v) is 22.5. The SMILES string of the molecule is O=C(CCCCCC(=O)Nc1ccc([C@H]2O[C@@H](CN3CCCCC3)C[C@@H](c3ccc(CO)cc3)O2)cc1)NO. The number of ether oxygens (including phenoxy) is 2. The first-order valence-corrected chi connectivity index (χ1v) is 14.1. The lowest BCUT2D eigenvalue weighted by molar-refractivity contribution is -0.253. The standard InChI is InChI=1S/C30H41N3O6/c34-21-22-9-11-23(12-10-22)27-19-26(20-33-17-5-2-6-18-33)38-30(39-27)24-13-15-25(16-14-24)31-28(35)7-3-1-4-8-29(36)32-37/h9-16,26-27,30,34,37H,1-8,17-21H2,(H,31,35)(H,32,36)/t26-,27+,30+/m1/s1. The predicted molar refractivity (Wildman–Crippen MR) is 147 cm³/mol. The molecule has 2 aromatic rings. The first-order chi connectivity index (χ1) is 19.0. The summed E-state index contributed by atoms with van der Waals surface area (Å²) in [6, 6.07) is 15.5. The lowest BCUT2D eigenvalue weighted by Gasteiger charge is -2.39. The van der Waals surface area contributed by atoms with Crippen molar-refractivity contribution < 1.29 is 29.4 Å². The average Bonchev–Trinajstić information content (AvgIpc) is 2.97. The predicted octanol–water partition coefficient (Wildman–Crippen LogP) is 4.60. The molecule has 2 aliphatic rings. The van der Waals surface area contributed by atoms with Gasteiger partial charge in [0.15, 0.2) is 6.29 Å². The van der Waals surface area contributed by atoms with Gasteiger partial charge in [0, 0.05) is 37.1 Å². The molecular weight excluding hydrogens is 498 g/mol. The van der Waals surface area contributed by atoms with E-state index in [1.165, 1.54) is 19.3 Å². The lowest BCUT2D eigenvalue weighted by Crippen LogP contribution is -2.41. The minimum Gasteiger partial charge on any atom is -0.392 e. The number of aliphatic hydroxyl groups excluding tert-OH is 1. The molecule has 212 valence electrons. The second-order valence-electron chi connectivity index (χ2n) is 10.5. The molecule has 2 aromatic carbocycles. The van der Waals surface area contributed by atoms with Crippen LogP contribution in [-0.4, -0.2) is 52.8 Å². The molecule has 4 rings (SSSR count). The van der Waals surface area contributed by atoms with Gasteiger partial charge in [0.25, 0.3) is 0 Å². The molecule has 39 heavy (non-hydrogen) atoms. The van der Waals surface area contributed by atoms with Gasteiger partial charge in [-0.1, -0.05) is 49.2 Å². The normalized spacial score (nSPS) is 21.8. The Bertz CT molecular complexity index is 1040. The molecule has 0 aromatic heterocycles. The topological polar surface area (TPSA) is 120 Å². The Labute approximate surface area is 230 Å². The monoisotopic (exact) mass is 539 g/mol. The van der Waals surface area contributed by atoms with Crippen molar-refractivity contribution in [3.05, 3.63) is 65.2 Å². The Morgan fingerprint density at radius 1 is 0.846 bits per heavy atom. The summed E-state index contributed by atoms with van der Waals surface area (Å²) in [5.74, 6) is -0.485. The van der Waals surface area contributed by atoms with Crippen molar-refractivity contribution in [1.82, 2.24) is 10.4 Å². The third-order valence-electron chi connectivity index (χ3n) is 7.42. The van der Waals surface area contributed by atoms with Gasteiger partial charge in [-0.2, -0.15) is 0 Å². The number of anilines is 1. The second-order valence-corrected chi connectivity index (χ2v) is 10.5. The molecule has 9 nitrogen and oxygen atoms in total. The molecule has 0 aliphatic carbocycles. The first kappa shape index (κ1) is 29.2. The summed E-state index contributed by atoms with van der Waals surface area (Å²) in [5.41, 5.74) is 5.17. The number of hydrogen-bond acceptors (Lipinski definition) is 7. The van der Waals surface area contributed by atoms with Crippen LogP contribution in [0.5, 0.6) is 0 Å². The maximum absolute atomic E-state index is 12.3. The highest BCUT2D eigenvalue weighted by Crippen LogP contribution is 2.38. The smallest absolute Gasteiger partial charge is 0.243 e. The van der Waals surface area contributed by atoms with Gasteiger partial charge >= 0.3 is 0 Å². The molecule has 0 bridgehead atoms. The molecule has 0 unspecified atom stereocenters. The van der Waals surface area contributed by atoms with Crippen LogP contribution >= 0.6 is 0 Å². The van der Waals surface area contributed by atoms with Crippen LogP contribution < -0.4 is 10.8 Å². The molecule has 0 saturated carbocycles. The molecule has 2 aliphatic heterocycles. The second kappa shape index (κ2) is 15.1. The van der Waals surface area contributed by atoms with E-state index in [0.29, 0.717) is 24.9 Å². The van der Waals surface area contributed by atoms with E-state index in [1.54, 1.807) is 5.48 Å². The Morgan fingerprint density at radius 2 is 1.51 bits per heavy atom. The van der Waals surface area contributed by atoms with Crippen LogP contribution in [0.25, 0.3) is 0 Å². The van der Waals surface area contributed by atoms with Gasteiger partial charge < -0.3 is 24.8 Å². The van der Waals surface area contributed by atoms with E-state index in [1.807, 2.05) is 48.5 Å². The fourth-order valence-electron chi connectivity index (χ4n) is 5.21. The first-order valence-electron chi connectivity index (χ1n) is 14.1. The Balaban J connectivity index is 1.35. The van der Waals surface area contributed by atoms with E-state index in [0.717, 1.165) is 49.2 Å². The molecule has 2 heterocycles. The molecule has 0 radical (unpaired) electrons. The number of carbonyl (C=O) groups is 2. The summed E-state index contributed by atoms with van der Waals surface area (Å²) in [7, 11) is 0. The molecule has 2 amide bonds. The van der Waals surface area contributed by atoms with Gasteiger partial charge in [-0.25, -0.2) is 5.48 Å². The maximum Gasteiger partial charge on any atom is 0.243 e. The number of rotatable bonds is 12. The fraction of sp³-hybridized carbons (Fsp3) is 0.533. The molecular formula is C30H41N3O6. The number of carbonyl (C=O) groups excluding carboxylic acids is 2. The number of likely N-dealkylation sites (tertiary alicyclic amines) is 1. The van der Waals surface area contributed by atoms with Gasteiger partial charge in [0.1, 0.15) is 0 Å². The quantitative estimate of drug-likeness (QED) is 0.177. The maximum atomic E-state index is 12.3. The summed E-state index contributed by atoms with van der Waals surface area (Å²) in [6.07, 6.45) is 6.57. The van der Waals surface area contributed by atoms with E-state index < -0.39 is 12.2 Å². The van der Waals surface area contributed by atoms with Crippen LogP contribution in [0.4, 0.5) is 5.69 Å². The highest BCUT2D eigenvalue weighted by Gasteiger charge is 2.33. The van der Waals surface area contributed by atoms with Crippen molar-refractivity contribution in [3.8, 4) is 0 Å². The Hall–Kier alpha value is -2.82. The summed E-state index contributed by atoms with van der Waals surface area (Å²) in [5, 5.41) is 20.9. The number of hydrogen-bond donors (Lipinski definition) is 4. The van der Waals surface area contributed by atoms with Crippen LogP contribution in [-0.2, 0) is 25.7 Å². The van der Waals surface area contributed by atoms with Crippen LogP contribution in [0.2, 0.25) is 0 Å². The van der Waals surface area contributed by atoms with Crippen molar-refractivity contribution in [1.29, 1.82) is 0 Å². The van der Waals surface area contributed by atoms with Crippen molar-refractivity contribution in [2.45, 2.75) is 82.9 Å². The van der Waals surface area contributed by atoms with Gasteiger partial charge in [-0.15, -0.1) is 0 Å². The van der Waals surface area contributed by atoms with E-state index in [9.17, 15) is 14.7 Å². The van der Waals surface area contributed by atoms with Crippen molar-refractivity contribution in [2.75, 3.05) is 25.0 Å². The summed E-state index contributed by atoms with van der Waals surface area (Å²) in [6.45, 7) is 3.10. The molecule has 9 heteroatoms. The third kappa shape index (κ3) is 9.12. The average molecular weight is 540 g/mol. The van der Waals surface area contributed by atoms with Crippen LogP contribution in [0.3, 0.4) is 0 Å². The minimum absolute atomic E-state index is 0.0152. The van der Waals surface area contributed by atoms with E-state index in [-0.39, 0.29) is 31.1 Å². The summed E-state index contributed by atoms with van der Waals surface area (Å²) < 4.78 is 12.9. The highest BCUT2D eigenvalue weighted by atomic mass is 16.7. The summed E-state index contributed by atoms with van der Waals surface area (Å²) in [4.78, 5) is 25.9. The van der Waals surface area contributed by atoms with Crippen LogP contribution in [0.15, 0.2) is 48.5 Å². The summed E-state index contributed by atoms with van der Waals surface area (Å²) >= 11 is 0. The number of unbranched alkanes of at least 4 members (excludes halogenated alkanes) is 2. The van der Waals surface area contributed by atoms with Gasteiger partial charge in [-0.3, -0.25) is 14.8 Å². The zero-order valence-electron chi connectivity index (χ0n) is 22.5. The lowest BCUT2D eigenvalue weighted by atomic mass is 9.99. The number of nitrogens with zero attached hydrogens (tertiary/aromatic N) is 1. The highest BCUT2D eigenvalue weighted by molar-refractivity contribution is 5.90. The molecule has 3 atom stereocenters. The number of piperidine rings is 1. The van der Waals surface area contributed by atoms with Crippen molar-refractivity contribution in [2.24, 2.45) is 0 Å². The largest absolute Gasteiger partial charge is 0.392 e. The van der Waals surface area contributed by atoms with E-state index >= 15 is 0 Å². The van der Waals surface area contributed by atoms with Crippen LogP contribution in [0, 0.1) is 0 Å². The van der Waals surface area contributed by atoms with Gasteiger partial charge in [-0.05, 0) is 62.0 Å². The zero-order chi connectivity index (χ0) is 27.5. The van der Waals surface area contributed by atoms with E-state index in [2.05, 4.69) is 10.2 Å². The van der Waals surface area contributed by atoms with Gasteiger partial charge in [0.05, 0.1) is 18.8 Å². The Morgan fingerprint density at radius 3 is 2.18 bits per heavy atom. The van der Waals surface area contributed by atoms with E-state index in [4.69, 9.17) is 14.7 Å². The third-order valence-corrected chi connectivity index (χ3v) is 7.42. The van der Waals surface area contributed by atoms with Crippen molar-refractivity contribution >= 4 is 17.5 Å². The van der Waals surface area contributed by atoms with Crippen molar-refractivity contribution in [3.63, 3.8) is 0 Å². The molecule has 4 N–H and O–H groups in total. The Kier molecular flexibility index (Phi) is 11.3. The van der Waals surface area contributed by atoms with Crippen LogP contribution in [0.1, 0.15) is 86.9 Å². The number of nitrogens with one attached hydrogen (secondary N) is 2.